The van der Waals surface area contributed by atoms with Crippen molar-refractivity contribution in [1.82, 2.24) is 4.90 Å². The van der Waals surface area contributed by atoms with E-state index in [4.69, 9.17) is 9.47 Å². The summed E-state index contributed by atoms with van der Waals surface area (Å²) in [5.74, 6) is -0.287. The summed E-state index contributed by atoms with van der Waals surface area (Å²) < 4.78 is 51.2. The van der Waals surface area contributed by atoms with Crippen molar-refractivity contribution in [3.8, 4) is 11.5 Å². The third-order valence-electron chi connectivity index (χ3n) is 5.81. The van der Waals surface area contributed by atoms with Gasteiger partial charge in [0.1, 0.15) is 11.4 Å². The molecule has 0 saturated carbocycles. The molecule has 0 bridgehead atoms. The van der Waals surface area contributed by atoms with E-state index in [0.29, 0.717) is 47.8 Å². The fourth-order valence-corrected chi connectivity index (χ4v) is 4.54. The molecular formula is C23H20F3N3O4. The molecule has 3 aliphatic rings. The van der Waals surface area contributed by atoms with Crippen molar-refractivity contribution in [3.63, 3.8) is 0 Å². The van der Waals surface area contributed by atoms with E-state index in [1.165, 1.54) is 12.1 Å². The van der Waals surface area contributed by atoms with Gasteiger partial charge in [-0.3, -0.25) is 14.5 Å². The van der Waals surface area contributed by atoms with E-state index in [2.05, 4.69) is 10.6 Å². The summed E-state index contributed by atoms with van der Waals surface area (Å²) in [5, 5.41) is 5.42. The number of anilines is 2. The number of likely N-dealkylation sites (tertiary alicyclic amines) is 1. The van der Waals surface area contributed by atoms with Gasteiger partial charge in [0.25, 0.3) is 5.91 Å². The largest absolute Gasteiger partial charge is 0.484 e. The van der Waals surface area contributed by atoms with Crippen LogP contribution >= 0.6 is 0 Å². The summed E-state index contributed by atoms with van der Waals surface area (Å²) in [6, 6.07) is 8.29. The highest BCUT2D eigenvalue weighted by Crippen LogP contribution is 2.46. The first kappa shape index (κ1) is 21.3. The molecule has 0 radical (unpaired) electrons. The normalized spacial score (nSPS) is 20.1. The topological polar surface area (TPSA) is 79.9 Å². The lowest BCUT2D eigenvalue weighted by Crippen LogP contribution is -2.64. The molecule has 2 amide bonds. The Kier molecular flexibility index (Phi) is 4.86. The number of amides is 2. The fourth-order valence-electron chi connectivity index (χ4n) is 4.54. The third kappa shape index (κ3) is 4.02. The monoisotopic (exact) mass is 459 g/mol. The van der Waals surface area contributed by atoms with E-state index in [1.54, 1.807) is 18.2 Å². The molecule has 2 aromatic carbocycles. The van der Waals surface area contributed by atoms with Gasteiger partial charge in [-0.2, -0.15) is 13.2 Å². The molecule has 1 fully saturated rings. The maximum absolute atomic E-state index is 13.2. The van der Waals surface area contributed by atoms with E-state index >= 15 is 0 Å². The predicted molar refractivity (Wildman–Crippen MR) is 114 cm³/mol. The highest BCUT2D eigenvalue weighted by atomic mass is 19.4. The number of rotatable bonds is 2. The molecule has 7 nitrogen and oxygen atoms in total. The van der Waals surface area contributed by atoms with Crippen LogP contribution in [0.1, 0.15) is 17.5 Å². The number of hydrogen-bond donors (Lipinski definition) is 2. The Morgan fingerprint density at radius 3 is 2.76 bits per heavy atom. The Labute approximate surface area is 187 Å². The maximum atomic E-state index is 13.2. The number of nitrogens with zero attached hydrogens (tertiary/aromatic N) is 1. The number of nitrogens with one attached hydrogen (secondary N) is 2. The van der Waals surface area contributed by atoms with Crippen molar-refractivity contribution < 1.29 is 32.2 Å². The van der Waals surface area contributed by atoms with Gasteiger partial charge in [-0.25, -0.2) is 0 Å². The fraction of sp³-hybridized carbons (Fsp3) is 0.304. The molecular weight excluding hydrogens is 439 g/mol. The Hall–Kier alpha value is -3.53. The second-order valence-corrected chi connectivity index (χ2v) is 8.52. The zero-order valence-corrected chi connectivity index (χ0v) is 17.6. The number of halogens is 3. The van der Waals surface area contributed by atoms with Gasteiger partial charge in [0.15, 0.2) is 12.4 Å². The second kappa shape index (κ2) is 7.51. The summed E-state index contributed by atoms with van der Waals surface area (Å²) in [6.07, 6.45) is -2.72. The minimum absolute atomic E-state index is 0.117. The predicted octanol–water partition coefficient (Wildman–Crippen LogP) is 3.53. The molecule has 2 aromatic rings. The number of alkyl halides is 3. The summed E-state index contributed by atoms with van der Waals surface area (Å²) >= 11 is 0. The second-order valence-electron chi connectivity index (χ2n) is 8.52. The maximum Gasteiger partial charge on any atom is 0.416 e. The number of benzene rings is 2. The van der Waals surface area contributed by atoms with E-state index < -0.39 is 23.2 Å². The standard InChI is InChI=1S/C23H20F3N3O4/c1-29-11-22(12-29)9-13(15-6-5-14(23(24,25)26)8-18(15)33-22)7-19(30)27-16-3-2-4-17-21(16)32-10-20(31)28-17/h2-8H,9-12H2,1H3,(H,27,30)(H,28,31)/b13-7+. The van der Waals surface area contributed by atoms with Gasteiger partial charge in [0, 0.05) is 31.1 Å². The van der Waals surface area contributed by atoms with Gasteiger partial charge in [-0.05, 0) is 36.9 Å². The lowest BCUT2D eigenvalue weighted by atomic mass is 9.81. The number of carbonyl (C=O) groups is 2. The molecule has 1 spiro atoms. The van der Waals surface area contributed by atoms with Gasteiger partial charge in [-0.15, -0.1) is 0 Å². The quantitative estimate of drug-likeness (QED) is 0.672. The number of likely N-dealkylation sites (N-methyl/N-ethyl adjacent to an activating group) is 1. The number of fused-ring (bicyclic) bond motifs is 2. The summed E-state index contributed by atoms with van der Waals surface area (Å²) in [6.45, 7) is 0.923. The molecule has 0 aliphatic carbocycles. The molecule has 3 heterocycles. The minimum Gasteiger partial charge on any atom is -0.484 e. The number of para-hydroxylation sites is 1. The number of hydrogen-bond acceptors (Lipinski definition) is 5. The zero-order valence-electron chi connectivity index (χ0n) is 17.6. The summed E-state index contributed by atoms with van der Waals surface area (Å²) in [7, 11) is 1.89. The van der Waals surface area contributed by atoms with Gasteiger partial charge in [0.05, 0.1) is 16.9 Å². The SMILES string of the molecule is CN1CC2(C/C(=C\C(=O)Nc3cccc4c3OCC(=O)N4)c3ccc(C(F)(F)F)cc3O2)C1. The molecule has 33 heavy (non-hydrogen) atoms. The van der Waals surface area contributed by atoms with E-state index in [9.17, 15) is 22.8 Å². The average molecular weight is 459 g/mol. The lowest BCUT2D eigenvalue weighted by molar-refractivity contribution is -0.138. The van der Waals surface area contributed by atoms with Crippen molar-refractivity contribution in [2.75, 3.05) is 37.4 Å². The number of ether oxygens (including phenoxy) is 2. The lowest BCUT2D eigenvalue weighted by Gasteiger charge is -2.51. The van der Waals surface area contributed by atoms with Crippen LogP contribution in [0, 0.1) is 0 Å². The van der Waals surface area contributed by atoms with Gasteiger partial charge in [-0.1, -0.05) is 12.1 Å². The zero-order chi connectivity index (χ0) is 23.4. The van der Waals surface area contributed by atoms with Crippen molar-refractivity contribution in [2.45, 2.75) is 18.2 Å². The summed E-state index contributed by atoms with van der Waals surface area (Å²) in [5.41, 5.74) is 0.407. The van der Waals surface area contributed by atoms with Crippen LogP contribution in [-0.2, 0) is 15.8 Å². The first-order valence-electron chi connectivity index (χ1n) is 10.3. The van der Waals surface area contributed by atoms with Crippen LogP contribution in [0.25, 0.3) is 5.57 Å². The molecule has 172 valence electrons. The number of carbonyl (C=O) groups excluding carboxylic acids is 2. The van der Waals surface area contributed by atoms with Gasteiger partial charge < -0.3 is 20.1 Å². The van der Waals surface area contributed by atoms with Crippen LogP contribution in [0.5, 0.6) is 11.5 Å². The molecule has 10 heteroatoms. The van der Waals surface area contributed by atoms with Crippen LogP contribution in [0.2, 0.25) is 0 Å². The van der Waals surface area contributed by atoms with Gasteiger partial charge in [0.2, 0.25) is 5.91 Å². The molecule has 2 N–H and O–H groups in total. The molecule has 0 atom stereocenters. The van der Waals surface area contributed by atoms with E-state index in [-0.39, 0.29) is 18.3 Å². The van der Waals surface area contributed by atoms with Crippen LogP contribution in [0.15, 0.2) is 42.5 Å². The first-order valence-corrected chi connectivity index (χ1v) is 10.3. The smallest absolute Gasteiger partial charge is 0.416 e. The van der Waals surface area contributed by atoms with Crippen molar-refractivity contribution >= 4 is 28.8 Å². The third-order valence-corrected chi connectivity index (χ3v) is 5.81. The van der Waals surface area contributed by atoms with Crippen LogP contribution in [0.4, 0.5) is 24.5 Å². The molecule has 0 unspecified atom stereocenters. The summed E-state index contributed by atoms with van der Waals surface area (Å²) in [4.78, 5) is 26.4. The molecule has 3 aliphatic heterocycles. The Morgan fingerprint density at radius 1 is 1.24 bits per heavy atom. The highest BCUT2D eigenvalue weighted by Gasteiger charge is 2.47. The molecule has 1 saturated heterocycles. The minimum atomic E-state index is -4.50. The van der Waals surface area contributed by atoms with Crippen LogP contribution in [-0.4, -0.2) is 49.1 Å². The van der Waals surface area contributed by atoms with Crippen molar-refractivity contribution in [1.29, 1.82) is 0 Å². The van der Waals surface area contributed by atoms with Gasteiger partial charge >= 0.3 is 6.18 Å². The van der Waals surface area contributed by atoms with Crippen LogP contribution in [0.3, 0.4) is 0 Å². The van der Waals surface area contributed by atoms with E-state index in [0.717, 1.165) is 12.1 Å². The van der Waals surface area contributed by atoms with Crippen LogP contribution < -0.4 is 20.1 Å². The van der Waals surface area contributed by atoms with Crippen molar-refractivity contribution in [2.24, 2.45) is 0 Å². The Bertz CT molecular complexity index is 1190. The van der Waals surface area contributed by atoms with E-state index in [1.807, 2.05) is 11.9 Å². The first-order chi connectivity index (χ1) is 15.6. The molecule has 0 aromatic heterocycles. The molecule has 5 rings (SSSR count). The highest BCUT2D eigenvalue weighted by molar-refractivity contribution is 6.07. The average Bonchev–Trinajstić information content (AvgIpc) is 2.71. The Balaban J connectivity index is 1.46. The Morgan fingerprint density at radius 2 is 2.03 bits per heavy atom. The van der Waals surface area contributed by atoms with Crippen molar-refractivity contribution in [3.05, 3.63) is 53.6 Å².